The summed E-state index contributed by atoms with van der Waals surface area (Å²) in [7, 11) is 1.33. The van der Waals surface area contributed by atoms with Gasteiger partial charge < -0.3 is 4.74 Å². The van der Waals surface area contributed by atoms with Crippen molar-refractivity contribution in [3.63, 3.8) is 0 Å². The van der Waals surface area contributed by atoms with Crippen molar-refractivity contribution in [1.82, 2.24) is 14.8 Å². The summed E-state index contributed by atoms with van der Waals surface area (Å²) < 4.78 is 7.12. The number of rotatable bonds is 4. The number of allylic oxidation sites excluding steroid dienone is 1. The van der Waals surface area contributed by atoms with Gasteiger partial charge in [-0.3, -0.25) is 14.5 Å². The predicted molar refractivity (Wildman–Crippen MR) is 126 cm³/mol. The lowest BCUT2D eigenvalue weighted by atomic mass is 9.96. The Bertz CT molecular complexity index is 1550. The topological polar surface area (TPSA) is 89.3 Å². The lowest BCUT2D eigenvalue weighted by molar-refractivity contribution is -0.136. The highest BCUT2D eigenvalue weighted by molar-refractivity contribution is 7.07. The minimum atomic E-state index is -0.616. The van der Waals surface area contributed by atoms with Crippen molar-refractivity contribution in [2.45, 2.75) is 13.0 Å². The zero-order valence-electron chi connectivity index (χ0n) is 18.0. The Morgan fingerprint density at radius 1 is 1.12 bits per heavy atom. The summed E-state index contributed by atoms with van der Waals surface area (Å²) in [6.45, 7) is 1.77. The summed E-state index contributed by atoms with van der Waals surface area (Å²) in [6, 6.07) is 18.6. The highest BCUT2D eigenvalue weighted by atomic mass is 32.1. The fourth-order valence-corrected chi connectivity index (χ4v) is 5.06. The van der Waals surface area contributed by atoms with Crippen LogP contribution in [0.1, 0.15) is 24.1 Å². The molecule has 8 heteroatoms. The number of benzene rings is 2. The van der Waals surface area contributed by atoms with Gasteiger partial charge in [-0.05, 0) is 18.6 Å². The molecular formula is C25H20N4O3S. The number of thiazole rings is 1. The van der Waals surface area contributed by atoms with Gasteiger partial charge in [0.1, 0.15) is 0 Å². The third kappa shape index (κ3) is 3.64. The van der Waals surface area contributed by atoms with Gasteiger partial charge in [-0.15, -0.1) is 0 Å². The van der Waals surface area contributed by atoms with Crippen LogP contribution in [0, 0.1) is 0 Å². The summed E-state index contributed by atoms with van der Waals surface area (Å²) in [6.07, 6.45) is 3.51. The van der Waals surface area contributed by atoms with E-state index in [1.807, 2.05) is 66.7 Å². The molecule has 7 nitrogen and oxygen atoms in total. The molecule has 1 aliphatic rings. The Kier molecular flexibility index (Phi) is 5.35. The molecule has 1 aliphatic heterocycles. The maximum absolute atomic E-state index is 13.6. The summed E-state index contributed by atoms with van der Waals surface area (Å²) in [5.74, 6) is -0.499. The van der Waals surface area contributed by atoms with Crippen molar-refractivity contribution in [3.8, 4) is 11.3 Å². The van der Waals surface area contributed by atoms with Gasteiger partial charge in [0, 0.05) is 11.1 Å². The lowest BCUT2D eigenvalue weighted by Gasteiger charge is -2.24. The molecule has 1 atom stereocenters. The van der Waals surface area contributed by atoms with Crippen LogP contribution in [0.2, 0.25) is 0 Å². The van der Waals surface area contributed by atoms with Gasteiger partial charge >= 0.3 is 5.97 Å². The van der Waals surface area contributed by atoms with Gasteiger partial charge in [0.15, 0.2) is 4.80 Å². The molecule has 164 valence electrons. The normalized spacial score (nSPS) is 15.8. The third-order valence-corrected chi connectivity index (χ3v) is 6.54. The van der Waals surface area contributed by atoms with E-state index in [4.69, 9.17) is 4.74 Å². The number of methoxy groups -OCH3 is 1. The van der Waals surface area contributed by atoms with E-state index < -0.39 is 12.0 Å². The van der Waals surface area contributed by atoms with Gasteiger partial charge in [0.25, 0.3) is 5.56 Å². The van der Waals surface area contributed by atoms with Crippen molar-refractivity contribution in [2.24, 2.45) is 4.99 Å². The van der Waals surface area contributed by atoms with Crippen LogP contribution < -0.4 is 14.9 Å². The molecule has 0 aliphatic carbocycles. The Labute approximate surface area is 193 Å². The summed E-state index contributed by atoms with van der Waals surface area (Å²) in [5, 5.41) is 7.19. The molecule has 0 fully saturated rings. The molecule has 0 spiro atoms. The van der Waals surface area contributed by atoms with E-state index >= 15 is 0 Å². The number of aromatic nitrogens is 3. The fraction of sp³-hybridized carbons (Fsp3) is 0.120. The SMILES string of the molecule is COC(=O)C1=C(C)N=c2sc(=Cc3cn[nH]c3-c3ccccc3)c(=O)n2[C@H]1c1ccccc1. The average molecular weight is 457 g/mol. The smallest absolute Gasteiger partial charge is 0.338 e. The number of nitrogens with zero attached hydrogens (tertiary/aromatic N) is 3. The van der Waals surface area contributed by atoms with Crippen LogP contribution in [0.5, 0.6) is 0 Å². The highest BCUT2D eigenvalue weighted by Crippen LogP contribution is 2.30. The van der Waals surface area contributed by atoms with Crippen LogP contribution in [-0.2, 0) is 9.53 Å². The predicted octanol–water partition coefficient (Wildman–Crippen LogP) is 2.80. The number of esters is 1. The fourth-order valence-electron chi connectivity index (χ4n) is 4.03. The second kappa shape index (κ2) is 8.48. The standard InChI is InChI=1S/C25H20N4O3S/c1-15-20(24(31)32-2)22(17-11-7-4-8-12-17)29-23(30)19(33-25(29)27-15)13-18-14-26-28-21(18)16-9-5-3-6-10-16/h3-14,22H,1-2H3,(H,26,28)/t22-/m0/s1. The molecule has 3 heterocycles. The number of fused-ring (bicyclic) bond motifs is 1. The van der Waals surface area contributed by atoms with Gasteiger partial charge in [-0.25, -0.2) is 9.79 Å². The molecule has 0 bridgehead atoms. The summed E-state index contributed by atoms with van der Waals surface area (Å²) >= 11 is 1.29. The number of hydrogen-bond donors (Lipinski definition) is 1. The molecule has 0 amide bonds. The first-order valence-corrected chi connectivity index (χ1v) is 11.1. The van der Waals surface area contributed by atoms with E-state index in [9.17, 15) is 9.59 Å². The quantitative estimate of drug-likeness (QED) is 0.478. The number of carbonyl (C=O) groups excluding carboxylic acids is 1. The van der Waals surface area contributed by atoms with Crippen molar-refractivity contribution in [3.05, 3.63) is 109 Å². The molecule has 1 N–H and O–H groups in total. The molecule has 2 aromatic carbocycles. The van der Waals surface area contributed by atoms with Gasteiger partial charge in [-0.2, -0.15) is 5.10 Å². The van der Waals surface area contributed by atoms with Crippen LogP contribution in [0.25, 0.3) is 17.3 Å². The molecule has 4 aromatic rings. The monoisotopic (exact) mass is 456 g/mol. The highest BCUT2D eigenvalue weighted by Gasteiger charge is 2.32. The van der Waals surface area contributed by atoms with Crippen molar-refractivity contribution < 1.29 is 9.53 Å². The van der Waals surface area contributed by atoms with E-state index in [0.29, 0.717) is 20.6 Å². The first-order chi connectivity index (χ1) is 16.1. The van der Waals surface area contributed by atoms with Gasteiger partial charge in [0.2, 0.25) is 0 Å². The van der Waals surface area contributed by atoms with Crippen molar-refractivity contribution in [1.29, 1.82) is 0 Å². The maximum Gasteiger partial charge on any atom is 0.338 e. The summed E-state index contributed by atoms with van der Waals surface area (Å²) in [5.41, 5.74) is 4.08. The number of aromatic amines is 1. The average Bonchev–Trinajstić information content (AvgIpc) is 3.43. The lowest BCUT2D eigenvalue weighted by Crippen LogP contribution is -2.39. The number of ether oxygens (including phenoxy) is 1. The summed E-state index contributed by atoms with van der Waals surface area (Å²) in [4.78, 5) is 31.4. The Balaban J connectivity index is 1.72. The van der Waals surface area contributed by atoms with E-state index in [1.165, 1.54) is 18.4 Å². The Morgan fingerprint density at radius 3 is 2.52 bits per heavy atom. The third-order valence-electron chi connectivity index (χ3n) is 5.56. The van der Waals surface area contributed by atoms with Crippen LogP contribution in [0.3, 0.4) is 0 Å². The number of nitrogens with one attached hydrogen (secondary N) is 1. The van der Waals surface area contributed by atoms with Crippen molar-refractivity contribution >= 4 is 23.4 Å². The zero-order valence-corrected chi connectivity index (χ0v) is 18.8. The second-order valence-electron chi connectivity index (χ2n) is 7.55. The van der Waals surface area contributed by atoms with E-state index in [0.717, 1.165) is 22.4 Å². The van der Waals surface area contributed by atoms with E-state index in [-0.39, 0.29) is 5.56 Å². The van der Waals surface area contributed by atoms with Gasteiger partial charge in [-0.1, -0.05) is 72.0 Å². The Morgan fingerprint density at radius 2 is 1.82 bits per heavy atom. The number of carbonyl (C=O) groups is 1. The van der Waals surface area contributed by atoms with Crippen LogP contribution in [0.4, 0.5) is 0 Å². The molecule has 33 heavy (non-hydrogen) atoms. The first-order valence-electron chi connectivity index (χ1n) is 10.3. The van der Waals surface area contributed by atoms with Gasteiger partial charge in [0.05, 0.1) is 40.8 Å². The molecule has 0 unspecified atom stereocenters. The largest absolute Gasteiger partial charge is 0.466 e. The number of H-pyrrole nitrogens is 1. The van der Waals surface area contributed by atoms with E-state index in [1.54, 1.807) is 17.7 Å². The minimum absolute atomic E-state index is 0.221. The molecule has 0 saturated carbocycles. The zero-order chi connectivity index (χ0) is 22.9. The molecular weight excluding hydrogens is 436 g/mol. The molecule has 0 radical (unpaired) electrons. The maximum atomic E-state index is 13.6. The molecule has 0 saturated heterocycles. The Hall–Kier alpha value is -4.04. The minimum Gasteiger partial charge on any atom is -0.466 e. The second-order valence-corrected chi connectivity index (χ2v) is 8.56. The number of hydrogen-bond acceptors (Lipinski definition) is 6. The molecule has 5 rings (SSSR count). The van der Waals surface area contributed by atoms with Crippen molar-refractivity contribution in [2.75, 3.05) is 7.11 Å². The van der Waals surface area contributed by atoms with Crippen LogP contribution >= 0.6 is 11.3 Å². The van der Waals surface area contributed by atoms with Crippen LogP contribution in [0.15, 0.2) is 87.9 Å². The van der Waals surface area contributed by atoms with Crippen LogP contribution in [-0.4, -0.2) is 27.8 Å². The first kappa shape index (κ1) is 20.8. The molecule has 2 aromatic heterocycles. The van der Waals surface area contributed by atoms with E-state index in [2.05, 4.69) is 15.2 Å².